The Balaban J connectivity index is 1.26. The molecular weight excluding hydrogens is 436 g/mol. The second kappa shape index (κ2) is 11.2. The molecule has 0 aliphatic carbocycles. The molecule has 2 aromatic carbocycles. The number of amides is 2. The lowest BCUT2D eigenvalue weighted by Gasteiger charge is -2.12. The first-order valence-corrected chi connectivity index (χ1v) is 11.1. The monoisotopic (exact) mass is 462 g/mol. The van der Waals surface area contributed by atoms with Gasteiger partial charge in [-0.2, -0.15) is 0 Å². The van der Waals surface area contributed by atoms with Crippen LogP contribution < -0.4 is 14.8 Å². The summed E-state index contributed by atoms with van der Waals surface area (Å²) in [5.74, 6) is 1.40. The number of unbranched alkanes of at least 4 members (excludes halogenated alkanes) is 1. The van der Waals surface area contributed by atoms with Crippen LogP contribution in [0.5, 0.6) is 11.5 Å². The van der Waals surface area contributed by atoms with E-state index < -0.39 is 12.2 Å². The number of aromatic nitrogens is 1. The Morgan fingerprint density at radius 2 is 1.91 bits per heavy atom. The highest BCUT2D eigenvalue weighted by Gasteiger charge is 2.31. The van der Waals surface area contributed by atoms with E-state index in [0.29, 0.717) is 29.5 Å². The number of hydrogen-bond donors (Lipinski definition) is 1. The number of rotatable bonds is 11. The van der Waals surface area contributed by atoms with E-state index in [9.17, 15) is 9.59 Å². The second-order valence-electron chi connectivity index (χ2n) is 7.82. The lowest BCUT2D eigenvalue weighted by atomic mass is 10.0. The minimum atomic E-state index is -0.677. The van der Waals surface area contributed by atoms with Crippen LogP contribution in [0.4, 0.5) is 4.79 Å². The highest BCUT2D eigenvalue weighted by Crippen LogP contribution is 2.29. The van der Waals surface area contributed by atoms with E-state index in [2.05, 4.69) is 10.3 Å². The maximum Gasteiger partial charge on any atom is 0.414 e. The van der Waals surface area contributed by atoms with Crippen molar-refractivity contribution in [3.05, 3.63) is 77.5 Å². The number of oxazole rings is 1. The van der Waals surface area contributed by atoms with Crippen LogP contribution in [-0.4, -0.2) is 30.2 Å². The van der Waals surface area contributed by atoms with E-state index in [0.717, 1.165) is 30.4 Å². The molecule has 0 bridgehead atoms. The number of methoxy groups -OCH3 is 1. The zero-order valence-corrected chi connectivity index (χ0v) is 18.9. The third-order valence-corrected chi connectivity index (χ3v) is 5.34. The number of nitrogens with one attached hydrogen (secondary N) is 1. The molecule has 4 rings (SSSR count). The molecule has 0 spiro atoms. The minimum absolute atomic E-state index is 0.251. The van der Waals surface area contributed by atoms with Crippen LogP contribution >= 0.6 is 0 Å². The van der Waals surface area contributed by atoms with Crippen molar-refractivity contribution in [3.63, 3.8) is 0 Å². The summed E-state index contributed by atoms with van der Waals surface area (Å²) in [5.41, 5.74) is 2.83. The molecule has 1 saturated heterocycles. The number of ether oxygens (including phenoxy) is 3. The Morgan fingerprint density at radius 3 is 2.68 bits per heavy atom. The molecule has 2 amide bonds. The molecule has 3 aromatic rings. The van der Waals surface area contributed by atoms with Gasteiger partial charge in [-0.3, -0.25) is 10.1 Å². The van der Waals surface area contributed by atoms with E-state index in [1.54, 1.807) is 13.4 Å². The van der Waals surface area contributed by atoms with Crippen LogP contribution in [0.2, 0.25) is 0 Å². The van der Waals surface area contributed by atoms with Crippen molar-refractivity contribution >= 4 is 24.2 Å². The molecule has 1 atom stereocenters. The topological polar surface area (TPSA) is 99.9 Å². The Labute approximate surface area is 197 Å². The quantitative estimate of drug-likeness (QED) is 0.409. The van der Waals surface area contributed by atoms with Gasteiger partial charge in [-0.1, -0.05) is 36.4 Å². The number of nitrogens with zero attached hydrogens (tertiary/aromatic N) is 1. The third kappa shape index (κ3) is 6.25. The van der Waals surface area contributed by atoms with E-state index >= 15 is 0 Å². The molecule has 8 nitrogen and oxygen atoms in total. The van der Waals surface area contributed by atoms with Gasteiger partial charge in [-0.25, -0.2) is 9.78 Å². The van der Waals surface area contributed by atoms with Crippen LogP contribution in [0.15, 0.2) is 59.2 Å². The first-order valence-electron chi connectivity index (χ1n) is 11.1. The molecule has 1 unspecified atom stereocenters. The summed E-state index contributed by atoms with van der Waals surface area (Å²) >= 11 is 0. The van der Waals surface area contributed by atoms with Crippen LogP contribution in [0.3, 0.4) is 0 Å². The largest absolute Gasteiger partial charge is 0.493 e. The molecule has 2 heterocycles. The Morgan fingerprint density at radius 1 is 1.06 bits per heavy atom. The van der Waals surface area contributed by atoms with Gasteiger partial charge in [0.05, 0.1) is 7.11 Å². The smallest absolute Gasteiger partial charge is 0.414 e. The molecule has 1 aliphatic heterocycles. The molecule has 1 N–H and O–H groups in total. The summed E-state index contributed by atoms with van der Waals surface area (Å²) in [6.45, 7) is 0.251. The SMILES string of the molecule is COc1cc(CCCCC2OC(=O)NC2=O)ccc1OCc1coc(C=Cc2ccccc2)n1. The summed E-state index contributed by atoms with van der Waals surface area (Å²) in [4.78, 5) is 27.0. The molecule has 34 heavy (non-hydrogen) atoms. The van der Waals surface area contributed by atoms with Crippen molar-refractivity contribution in [3.8, 4) is 11.5 Å². The van der Waals surface area contributed by atoms with Gasteiger partial charge in [0.2, 0.25) is 5.89 Å². The van der Waals surface area contributed by atoms with Crippen LogP contribution in [0.25, 0.3) is 12.2 Å². The van der Waals surface area contributed by atoms with Crippen molar-refractivity contribution < 1.29 is 28.2 Å². The van der Waals surface area contributed by atoms with Gasteiger partial charge in [-0.15, -0.1) is 0 Å². The van der Waals surface area contributed by atoms with Crippen molar-refractivity contribution in [2.45, 2.75) is 38.4 Å². The number of aryl methyl sites for hydroxylation is 1. The van der Waals surface area contributed by atoms with Gasteiger partial charge in [0.1, 0.15) is 18.6 Å². The minimum Gasteiger partial charge on any atom is -0.493 e. The van der Waals surface area contributed by atoms with Gasteiger partial charge >= 0.3 is 6.09 Å². The second-order valence-corrected chi connectivity index (χ2v) is 7.82. The van der Waals surface area contributed by atoms with E-state index in [-0.39, 0.29) is 12.5 Å². The lowest BCUT2D eigenvalue weighted by Crippen LogP contribution is -2.24. The number of imide groups is 1. The Hall–Kier alpha value is -4.07. The number of benzene rings is 2. The van der Waals surface area contributed by atoms with Crippen LogP contribution in [0.1, 0.15) is 42.0 Å². The molecule has 0 radical (unpaired) electrons. The zero-order chi connectivity index (χ0) is 23.8. The number of hydrogen-bond acceptors (Lipinski definition) is 7. The average molecular weight is 463 g/mol. The van der Waals surface area contributed by atoms with Gasteiger partial charge in [-0.05, 0) is 55.0 Å². The predicted octanol–water partition coefficient (Wildman–Crippen LogP) is 4.78. The summed E-state index contributed by atoms with van der Waals surface area (Å²) in [7, 11) is 1.60. The highest BCUT2D eigenvalue weighted by atomic mass is 16.6. The fourth-order valence-corrected chi connectivity index (χ4v) is 3.58. The van der Waals surface area contributed by atoms with Crippen molar-refractivity contribution in [1.82, 2.24) is 10.3 Å². The maximum absolute atomic E-state index is 11.5. The van der Waals surface area contributed by atoms with E-state index in [1.165, 1.54) is 0 Å². The number of cyclic esters (lactones) is 1. The van der Waals surface area contributed by atoms with Crippen LogP contribution in [-0.2, 0) is 22.6 Å². The van der Waals surface area contributed by atoms with Crippen molar-refractivity contribution in [2.24, 2.45) is 0 Å². The molecule has 1 fully saturated rings. The third-order valence-electron chi connectivity index (χ3n) is 5.34. The van der Waals surface area contributed by atoms with E-state index in [4.69, 9.17) is 18.6 Å². The summed E-state index contributed by atoms with van der Waals surface area (Å²) < 4.78 is 21.8. The zero-order valence-electron chi connectivity index (χ0n) is 18.9. The maximum atomic E-state index is 11.5. The fourth-order valence-electron chi connectivity index (χ4n) is 3.58. The van der Waals surface area contributed by atoms with Gasteiger partial charge in [0.25, 0.3) is 5.91 Å². The standard InChI is InChI=1S/C26H26N2O6/c1-31-23-15-19(9-5-6-10-22-25(29)28-26(30)34-22)11-13-21(23)32-16-20-17-33-24(27-20)14-12-18-7-3-2-4-8-18/h2-4,7-8,11-15,17,22H,5-6,9-10,16H2,1H3,(H,28,29,30). The molecule has 1 aromatic heterocycles. The molecule has 1 aliphatic rings. The summed E-state index contributed by atoms with van der Waals surface area (Å²) in [6, 6.07) is 15.7. The van der Waals surface area contributed by atoms with Crippen molar-refractivity contribution in [1.29, 1.82) is 0 Å². The molecule has 8 heteroatoms. The summed E-state index contributed by atoms with van der Waals surface area (Å²) in [5, 5.41) is 2.14. The fraction of sp³-hybridized carbons (Fsp3) is 0.269. The molecule has 176 valence electrons. The molecule has 0 saturated carbocycles. The lowest BCUT2D eigenvalue weighted by molar-refractivity contribution is -0.123. The van der Waals surface area contributed by atoms with Gasteiger partial charge in [0, 0.05) is 6.08 Å². The molecular formula is C26H26N2O6. The normalized spacial score (nSPS) is 15.4. The number of carbonyl (C=O) groups excluding carboxylic acids is 2. The highest BCUT2D eigenvalue weighted by molar-refractivity contribution is 5.99. The number of alkyl carbamates (subject to hydrolysis) is 1. The predicted molar refractivity (Wildman–Crippen MR) is 125 cm³/mol. The van der Waals surface area contributed by atoms with Crippen molar-refractivity contribution in [2.75, 3.05) is 7.11 Å². The first kappa shape index (κ1) is 23.1. The van der Waals surface area contributed by atoms with Gasteiger partial charge in [0.15, 0.2) is 17.6 Å². The summed E-state index contributed by atoms with van der Waals surface area (Å²) in [6.07, 6.45) is 6.92. The van der Waals surface area contributed by atoms with Crippen LogP contribution in [0, 0.1) is 0 Å². The average Bonchev–Trinajstić information content (AvgIpc) is 3.45. The van der Waals surface area contributed by atoms with Gasteiger partial charge < -0.3 is 18.6 Å². The Kier molecular flexibility index (Phi) is 7.60. The Bertz CT molecular complexity index is 1160. The first-order chi connectivity index (χ1) is 16.6. The van der Waals surface area contributed by atoms with E-state index in [1.807, 2.05) is 60.7 Å². The number of carbonyl (C=O) groups is 2.